The minimum absolute atomic E-state index is 0.369. The summed E-state index contributed by atoms with van der Waals surface area (Å²) in [4.78, 5) is 10.1. The van der Waals surface area contributed by atoms with Crippen molar-refractivity contribution >= 4 is 5.97 Å². The van der Waals surface area contributed by atoms with E-state index in [-0.39, 0.29) is 0 Å². The van der Waals surface area contributed by atoms with Crippen molar-refractivity contribution in [3.8, 4) is 0 Å². The molecule has 1 atom stereocenters. The summed E-state index contributed by atoms with van der Waals surface area (Å²) in [6.45, 7) is 4.15. The van der Waals surface area contributed by atoms with E-state index >= 15 is 0 Å². The standard InChI is InChI=1S/C8H16O3/c1-6(2)4-3-5-7(9)8(10)11/h6-7,9H,3-5H2,1-2H3,(H,10,11)/t7-/m1/s1. The molecule has 2 N–H and O–H groups in total. The van der Waals surface area contributed by atoms with Crippen molar-refractivity contribution in [2.75, 3.05) is 0 Å². The lowest BCUT2D eigenvalue weighted by atomic mass is 10.0. The predicted octanol–water partition coefficient (Wildman–Crippen LogP) is 1.26. The molecule has 0 aromatic rings. The van der Waals surface area contributed by atoms with Gasteiger partial charge in [0, 0.05) is 0 Å². The van der Waals surface area contributed by atoms with E-state index in [2.05, 4.69) is 13.8 Å². The van der Waals surface area contributed by atoms with E-state index in [4.69, 9.17) is 10.2 Å². The minimum atomic E-state index is -1.17. The fourth-order valence-electron chi connectivity index (χ4n) is 0.843. The lowest BCUT2D eigenvalue weighted by molar-refractivity contribution is -0.147. The number of carboxylic acids is 1. The molecule has 66 valence electrons. The van der Waals surface area contributed by atoms with E-state index in [1.807, 2.05) is 0 Å². The second-order valence-corrected chi connectivity index (χ2v) is 3.18. The maximum Gasteiger partial charge on any atom is 0.332 e. The van der Waals surface area contributed by atoms with Crippen molar-refractivity contribution in [1.29, 1.82) is 0 Å². The number of aliphatic hydroxyl groups is 1. The van der Waals surface area contributed by atoms with Gasteiger partial charge in [-0.2, -0.15) is 0 Å². The highest BCUT2D eigenvalue weighted by molar-refractivity contribution is 5.71. The Morgan fingerprint density at radius 1 is 1.36 bits per heavy atom. The third-order valence-corrected chi connectivity index (χ3v) is 1.54. The Balaban J connectivity index is 3.31. The SMILES string of the molecule is CC(C)CCC[C@@H](O)C(=O)O. The molecule has 0 heterocycles. The van der Waals surface area contributed by atoms with Gasteiger partial charge in [0.05, 0.1) is 0 Å². The van der Waals surface area contributed by atoms with Gasteiger partial charge in [-0.1, -0.05) is 26.7 Å². The summed E-state index contributed by atoms with van der Waals surface area (Å²) in [5, 5.41) is 17.1. The first-order chi connectivity index (χ1) is 5.04. The summed E-state index contributed by atoms with van der Waals surface area (Å²) in [5.74, 6) is -0.537. The van der Waals surface area contributed by atoms with Crippen LogP contribution < -0.4 is 0 Å². The Hall–Kier alpha value is -0.570. The zero-order valence-electron chi connectivity index (χ0n) is 7.08. The molecule has 0 unspecified atom stereocenters. The second-order valence-electron chi connectivity index (χ2n) is 3.18. The second kappa shape index (κ2) is 5.13. The summed E-state index contributed by atoms with van der Waals surface area (Å²) < 4.78 is 0. The lowest BCUT2D eigenvalue weighted by Crippen LogP contribution is -2.19. The molecule has 0 rings (SSSR count). The minimum Gasteiger partial charge on any atom is -0.479 e. The van der Waals surface area contributed by atoms with E-state index < -0.39 is 12.1 Å². The van der Waals surface area contributed by atoms with Crippen LogP contribution in [0.3, 0.4) is 0 Å². The first-order valence-electron chi connectivity index (χ1n) is 3.95. The van der Waals surface area contributed by atoms with Crippen molar-refractivity contribution < 1.29 is 15.0 Å². The third kappa shape index (κ3) is 5.85. The monoisotopic (exact) mass is 160 g/mol. The van der Waals surface area contributed by atoms with Gasteiger partial charge in [0.15, 0.2) is 6.10 Å². The van der Waals surface area contributed by atoms with Crippen LogP contribution in [0.4, 0.5) is 0 Å². The van der Waals surface area contributed by atoms with Gasteiger partial charge in [-0.3, -0.25) is 0 Å². The summed E-state index contributed by atoms with van der Waals surface area (Å²) >= 11 is 0. The average Bonchev–Trinajstić information content (AvgIpc) is 1.86. The molecule has 0 fully saturated rings. The zero-order chi connectivity index (χ0) is 8.85. The summed E-state index contributed by atoms with van der Waals surface area (Å²) in [6, 6.07) is 0. The van der Waals surface area contributed by atoms with Crippen molar-refractivity contribution in [1.82, 2.24) is 0 Å². The first-order valence-corrected chi connectivity index (χ1v) is 3.95. The molecule has 0 aliphatic rings. The highest BCUT2D eigenvalue weighted by Crippen LogP contribution is 2.08. The molecule has 0 aliphatic carbocycles. The number of carbonyl (C=O) groups is 1. The molecule has 0 aromatic heterocycles. The number of rotatable bonds is 5. The normalized spacial score (nSPS) is 13.5. The summed E-state index contributed by atoms with van der Waals surface area (Å²) in [6.07, 6.45) is 0.956. The molecule has 0 aliphatic heterocycles. The van der Waals surface area contributed by atoms with Crippen molar-refractivity contribution in [3.63, 3.8) is 0 Å². The molecule has 0 aromatic carbocycles. The van der Waals surface area contributed by atoms with Crippen molar-refractivity contribution in [2.24, 2.45) is 5.92 Å². The van der Waals surface area contributed by atoms with Crippen LogP contribution in [0.15, 0.2) is 0 Å². The predicted molar refractivity (Wildman–Crippen MR) is 42.3 cm³/mol. The van der Waals surface area contributed by atoms with Crippen molar-refractivity contribution in [3.05, 3.63) is 0 Å². The third-order valence-electron chi connectivity index (χ3n) is 1.54. The molecular formula is C8H16O3. The molecule has 0 bridgehead atoms. The number of aliphatic carboxylic acids is 1. The molecule has 0 saturated heterocycles. The van der Waals surface area contributed by atoms with Crippen LogP contribution in [-0.2, 0) is 4.79 Å². The Morgan fingerprint density at radius 3 is 2.27 bits per heavy atom. The Kier molecular flexibility index (Phi) is 4.86. The Labute approximate surface area is 67.0 Å². The van der Waals surface area contributed by atoms with Gasteiger partial charge in [-0.15, -0.1) is 0 Å². The van der Waals surface area contributed by atoms with Gasteiger partial charge in [0.2, 0.25) is 0 Å². The van der Waals surface area contributed by atoms with E-state index in [1.165, 1.54) is 0 Å². The number of hydrogen-bond donors (Lipinski definition) is 2. The lowest BCUT2D eigenvalue weighted by Gasteiger charge is -2.06. The van der Waals surface area contributed by atoms with Crippen LogP contribution in [0, 0.1) is 5.92 Å². The summed E-state index contributed by atoms with van der Waals surface area (Å²) in [7, 11) is 0. The van der Waals surface area contributed by atoms with Crippen molar-refractivity contribution in [2.45, 2.75) is 39.2 Å². The molecule has 0 radical (unpaired) electrons. The molecule has 3 heteroatoms. The number of aliphatic hydroxyl groups excluding tert-OH is 1. The topological polar surface area (TPSA) is 57.5 Å². The summed E-state index contributed by atoms with van der Waals surface area (Å²) in [5.41, 5.74) is 0. The largest absolute Gasteiger partial charge is 0.479 e. The van der Waals surface area contributed by atoms with E-state index in [1.54, 1.807) is 0 Å². The number of hydrogen-bond acceptors (Lipinski definition) is 2. The first kappa shape index (κ1) is 10.4. The molecule has 0 amide bonds. The Bertz CT molecular complexity index is 121. The molecular weight excluding hydrogens is 144 g/mol. The van der Waals surface area contributed by atoms with E-state index in [0.717, 1.165) is 12.8 Å². The molecule has 0 spiro atoms. The average molecular weight is 160 g/mol. The van der Waals surface area contributed by atoms with Crippen LogP contribution in [0.25, 0.3) is 0 Å². The van der Waals surface area contributed by atoms with Gasteiger partial charge in [-0.25, -0.2) is 4.79 Å². The smallest absolute Gasteiger partial charge is 0.332 e. The van der Waals surface area contributed by atoms with E-state index in [9.17, 15) is 4.79 Å². The van der Waals surface area contributed by atoms with E-state index in [0.29, 0.717) is 12.3 Å². The van der Waals surface area contributed by atoms with Crippen LogP contribution in [0.5, 0.6) is 0 Å². The van der Waals surface area contributed by atoms with Crippen LogP contribution in [0.1, 0.15) is 33.1 Å². The maximum atomic E-state index is 10.1. The zero-order valence-corrected chi connectivity index (χ0v) is 7.08. The fraction of sp³-hybridized carbons (Fsp3) is 0.875. The van der Waals surface area contributed by atoms with Crippen LogP contribution in [-0.4, -0.2) is 22.3 Å². The maximum absolute atomic E-state index is 10.1. The van der Waals surface area contributed by atoms with Gasteiger partial charge in [-0.05, 0) is 12.3 Å². The molecule has 11 heavy (non-hydrogen) atoms. The van der Waals surface area contributed by atoms with Gasteiger partial charge in [0.1, 0.15) is 0 Å². The molecule has 3 nitrogen and oxygen atoms in total. The van der Waals surface area contributed by atoms with Gasteiger partial charge in [0.25, 0.3) is 0 Å². The molecule has 0 saturated carbocycles. The quantitative estimate of drug-likeness (QED) is 0.636. The Morgan fingerprint density at radius 2 is 1.91 bits per heavy atom. The van der Waals surface area contributed by atoms with Crippen LogP contribution >= 0.6 is 0 Å². The van der Waals surface area contributed by atoms with Gasteiger partial charge >= 0.3 is 5.97 Å². The number of carboxylic acid groups (broad SMARTS) is 1. The fourth-order valence-corrected chi connectivity index (χ4v) is 0.843. The van der Waals surface area contributed by atoms with Crippen LogP contribution in [0.2, 0.25) is 0 Å². The van der Waals surface area contributed by atoms with Gasteiger partial charge < -0.3 is 10.2 Å². The highest BCUT2D eigenvalue weighted by Gasteiger charge is 2.11. The highest BCUT2D eigenvalue weighted by atomic mass is 16.4.